The number of amides is 1. The minimum atomic E-state index is -4.48. The molecule has 136 valence electrons. The third-order valence-electron chi connectivity index (χ3n) is 3.46. The zero-order valence-corrected chi connectivity index (χ0v) is 14.5. The summed E-state index contributed by atoms with van der Waals surface area (Å²) in [5.41, 5.74) is -0.650. The summed E-state index contributed by atoms with van der Waals surface area (Å²) in [6, 6.07) is -0.300. The lowest BCUT2D eigenvalue weighted by molar-refractivity contribution is -0.129. The van der Waals surface area contributed by atoms with Crippen LogP contribution in [0.15, 0.2) is 0 Å². The molecule has 23 heavy (non-hydrogen) atoms. The van der Waals surface area contributed by atoms with Gasteiger partial charge in [-0.25, -0.2) is 13.2 Å². The van der Waals surface area contributed by atoms with Gasteiger partial charge >= 0.3 is 12.3 Å². The molecule has 1 aliphatic heterocycles. The van der Waals surface area contributed by atoms with Crippen molar-refractivity contribution < 1.29 is 31.1 Å². The number of alkyl halides is 3. The number of carbonyl (C=O) groups is 1. The van der Waals surface area contributed by atoms with Crippen LogP contribution in [-0.2, 0) is 14.6 Å². The van der Waals surface area contributed by atoms with E-state index in [1.807, 2.05) is 0 Å². The standard InChI is InChI=1S/C14H24F3NO4S/c1-13(2,3)22-12(19)18-8-4-5-11(18)6-9-23(20,21)10-7-14(15,16)17/h11H,4-10H2,1-3H3/t11-/m0/s1. The van der Waals surface area contributed by atoms with E-state index in [4.69, 9.17) is 4.74 Å². The Labute approximate surface area is 135 Å². The highest BCUT2D eigenvalue weighted by Gasteiger charge is 2.34. The van der Waals surface area contributed by atoms with Gasteiger partial charge < -0.3 is 9.64 Å². The highest BCUT2D eigenvalue weighted by atomic mass is 32.2. The molecular weight excluding hydrogens is 335 g/mol. The van der Waals surface area contributed by atoms with Gasteiger partial charge in [-0.15, -0.1) is 0 Å². The number of halogens is 3. The first kappa shape index (κ1) is 20.1. The van der Waals surface area contributed by atoms with Crippen LogP contribution in [0.3, 0.4) is 0 Å². The molecule has 0 N–H and O–H groups in total. The molecule has 1 atom stereocenters. The molecule has 1 rings (SSSR count). The Morgan fingerprint density at radius 3 is 2.35 bits per heavy atom. The van der Waals surface area contributed by atoms with E-state index in [2.05, 4.69) is 0 Å². The van der Waals surface area contributed by atoms with Gasteiger partial charge in [-0.3, -0.25) is 0 Å². The molecule has 0 aromatic rings. The van der Waals surface area contributed by atoms with E-state index >= 15 is 0 Å². The SMILES string of the molecule is CC(C)(C)OC(=O)N1CCC[C@H]1CCS(=O)(=O)CCC(F)(F)F. The van der Waals surface area contributed by atoms with E-state index in [0.29, 0.717) is 13.0 Å². The first-order valence-electron chi connectivity index (χ1n) is 7.56. The Hall–Kier alpha value is -0.990. The summed E-state index contributed by atoms with van der Waals surface area (Å²) in [5, 5.41) is 0. The molecule has 0 radical (unpaired) electrons. The summed E-state index contributed by atoms with van der Waals surface area (Å²) in [6.45, 7) is 5.68. The summed E-state index contributed by atoms with van der Waals surface area (Å²) in [6.07, 6.45) is -4.83. The van der Waals surface area contributed by atoms with Crippen molar-refractivity contribution in [3.8, 4) is 0 Å². The van der Waals surface area contributed by atoms with Gasteiger partial charge in [0.2, 0.25) is 0 Å². The predicted molar refractivity (Wildman–Crippen MR) is 79.9 cm³/mol. The Morgan fingerprint density at radius 2 is 1.83 bits per heavy atom. The van der Waals surface area contributed by atoms with Gasteiger partial charge in [-0.05, 0) is 40.0 Å². The zero-order chi connectivity index (χ0) is 17.9. The fraction of sp³-hybridized carbons (Fsp3) is 0.929. The van der Waals surface area contributed by atoms with Gasteiger partial charge in [0.15, 0.2) is 9.84 Å². The van der Waals surface area contributed by atoms with Crippen LogP contribution in [0.4, 0.5) is 18.0 Å². The number of ether oxygens (including phenoxy) is 1. The topological polar surface area (TPSA) is 63.7 Å². The molecule has 0 aromatic carbocycles. The third kappa shape index (κ3) is 7.90. The molecule has 1 heterocycles. The number of carbonyl (C=O) groups excluding carboxylic acids is 1. The monoisotopic (exact) mass is 359 g/mol. The maximum Gasteiger partial charge on any atom is 0.410 e. The van der Waals surface area contributed by atoms with Crippen molar-refractivity contribution in [3.05, 3.63) is 0 Å². The highest BCUT2D eigenvalue weighted by Crippen LogP contribution is 2.25. The number of sulfone groups is 1. The van der Waals surface area contributed by atoms with Crippen LogP contribution in [0.1, 0.15) is 46.5 Å². The van der Waals surface area contributed by atoms with E-state index in [-0.39, 0.29) is 18.2 Å². The average Bonchev–Trinajstić information content (AvgIpc) is 2.80. The van der Waals surface area contributed by atoms with E-state index in [0.717, 1.165) is 6.42 Å². The van der Waals surface area contributed by atoms with Crippen LogP contribution in [0.5, 0.6) is 0 Å². The van der Waals surface area contributed by atoms with Crippen LogP contribution >= 0.6 is 0 Å². The second kappa shape index (κ2) is 7.27. The van der Waals surface area contributed by atoms with Gasteiger partial charge in [0.25, 0.3) is 0 Å². The molecule has 5 nitrogen and oxygen atoms in total. The van der Waals surface area contributed by atoms with Crippen LogP contribution < -0.4 is 0 Å². The number of hydrogen-bond acceptors (Lipinski definition) is 4. The first-order chi connectivity index (χ1) is 10.3. The summed E-state index contributed by atoms with van der Waals surface area (Å²) in [7, 11) is -3.79. The van der Waals surface area contributed by atoms with Gasteiger partial charge in [0.1, 0.15) is 5.60 Å². The maximum atomic E-state index is 12.1. The quantitative estimate of drug-likeness (QED) is 0.756. The van der Waals surface area contributed by atoms with E-state index < -0.39 is 39.9 Å². The predicted octanol–water partition coefficient (Wildman–Crippen LogP) is 3.14. The number of hydrogen-bond donors (Lipinski definition) is 0. The highest BCUT2D eigenvalue weighted by molar-refractivity contribution is 7.91. The van der Waals surface area contributed by atoms with Crippen molar-refractivity contribution in [3.63, 3.8) is 0 Å². The second-order valence-corrected chi connectivity index (χ2v) is 9.08. The fourth-order valence-corrected chi connectivity index (χ4v) is 3.76. The Morgan fingerprint density at radius 1 is 1.22 bits per heavy atom. The minimum Gasteiger partial charge on any atom is -0.444 e. The molecule has 0 bridgehead atoms. The largest absolute Gasteiger partial charge is 0.444 e. The fourth-order valence-electron chi connectivity index (χ4n) is 2.39. The van der Waals surface area contributed by atoms with Crippen LogP contribution in [-0.4, -0.2) is 55.3 Å². The van der Waals surface area contributed by atoms with Crippen molar-refractivity contribution in [2.24, 2.45) is 0 Å². The number of likely N-dealkylation sites (tertiary alicyclic amines) is 1. The minimum absolute atomic E-state index is 0.138. The lowest BCUT2D eigenvalue weighted by Gasteiger charge is -2.28. The molecule has 1 amide bonds. The first-order valence-corrected chi connectivity index (χ1v) is 9.38. The average molecular weight is 359 g/mol. The lowest BCUT2D eigenvalue weighted by Crippen LogP contribution is -2.40. The summed E-state index contributed by atoms with van der Waals surface area (Å²) >= 11 is 0. The van der Waals surface area contributed by atoms with E-state index in [1.54, 1.807) is 20.8 Å². The van der Waals surface area contributed by atoms with Crippen molar-refractivity contribution >= 4 is 15.9 Å². The van der Waals surface area contributed by atoms with Crippen molar-refractivity contribution in [2.45, 2.75) is 64.3 Å². The Bertz CT molecular complexity index is 511. The van der Waals surface area contributed by atoms with E-state index in [9.17, 15) is 26.4 Å². The summed E-state index contributed by atoms with van der Waals surface area (Å²) in [5.74, 6) is -1.26. The van der Waals surface area contributed by atoms with Crippen molar-refractivity contribution in [1.82, 2.24) is 4.90 Å². The molecule has 9 heteroatoms. The van der Waals surface area contributed by atoms with Crippen LogP contribution in [0.25, 0.3) is 0 Å². The molecule has 1 fully saturated rings. The molecular formula is C14H24F3NO4S. The number of rotatable bonds is 5. The molecule has 1 saturated heterocycles. The Balaban J connectivity index is 2.54. The molecule has 0 aliphatic carbocycles. The van der Waals surface area contributed by atoms with Crippen molar-refractivity contribution in [2.75, 3.05) is 18.1 Å². The Kier molecular flexibility index (Phi) is 6.34. The van der Waals surface area contributed by atoms with Gasteiger partial charge in [0, 0.05) is 12.6 Å². The smallest absolute Gasteiger partial charge is 0.410 e. The maximum absolute atomic E-state index is 12.1. The van der Waals surface area contributed by atoms with Gasteiger partial charge in [-0.2, -0.15) is 13.2 Å². The molecule has 0 unspecified atom stereocenters. The zero-order valence-electron chi connectivity index (χ0n) is 13.6. The van der Waals surface area contributed by atoms with Gasteiger partial charge in [0.05, 0.1) is 17.9 Å². The summed E-state index contributed by atoms with van der Waals surface area (Å²) < 4.78 is 65.0. The second-order valence-electron chi connectivity index (χ2n) is 6.78. The van der Waals surface area contributed by atoms with Crippen LogP contribution in [0.2, 0.25) is 0 Å². The third-order valence-corrected chi connectivity index (χ3v) is 5.15. The molecule has 0 saturated carbocycles. The normalized spacial score (nSPS) is 19.9. The molecule has 1 aliphatic rings. The van der Waals surface area contributed by atoms with Gasteiger partial charge in [-0.1, -0.05) is 0 Å². The van der Waals surface area contributed by atoms with E-state index in [1.165, 1.54) is 4.90 Å². The summed E-state index contributed by atoms with van der Waals surface area (Å²) in [4.78, 5) is 13.5. The lowest BCUT2D eigenvalue weighted by atomic mass is 10.2. The number of nitrogens with zero attached hydrogens (tertiary/aromatic N) is 1. The van der Waals surface area contributed by atoms with Crippen molar-refractivity contribution in [1.29, 1.82) is 0 Å². The molecule has 0 aromatic heterocycles. The molecule has 0 spiro atoms. The van der Waals surface area contributed by atoms with Crippen LogP contribution in [0, 0.1) is 0 Å².